The molecule has 140 valence electrons. The highest BCUT2D eigenvalue weighted by Crippen LogP contribution is 2.39. The van der Waals surface area contributed by atoms with Gasteiger partial charge in [-0.1, -0.05) is 6.07 Å². The summed E-state index contributed by atoms with van der Waals surface area (Å²) in [5, 5.41) is 10.5. The van der Waals surface area contributed by atoms with Crippen LogP contribution in [0.15, 0.2) is 18.2 Å². The predicted octanol–water partition coefficient (Wildman–Crippen LogP) is 3.48. The molecule has 26 heavy (non-hydrogen) atoms. The van der Waals surface area contributed by atoms with Crippen LogP contribution in [-0.2, 0) is 13.6 Å². The number of benzene rings is 1. The summed E-state index contributed by atoms with van der Waals surface area (Å²) in [6.45, 7) is 6.50. The molecule has 0 radical (unpaired) electrons. The van der Waals surface area contributed by atoms with Crippen LogP contribution in [0.25, 0.3) is 0 Å². The van der Waals surface area contributed by atoms with Gasteiger partial charge in [-0.3, -0.25) is 4.68 Å². The summed E-state index contributed by atoms with van der Waals surface area (Å²) in [5.74, 6) is 1.41. The van der Waals surface area contributed by atoms with E-state index in [0.29, 0.717) is 12.5 Å². The van der Waals surface area contributed by atoms with Gasteiger partial charge in [0, 0.05) is 18.5 Å². The zero-order valence-corrected chi connectivity index (χ0v) is 16.2. The molecule has 0 spiro atoms. The first-order chi connectivity index (χ1) is 12.4. The molecule has 1 aromatic carbocycles. The summed E-state index contributed by atoms with van der Waals surface area (Å²) in [7, 11) is 3.58. The van der Waals surface area contributed by atoms with Crippen molar-refractivity contribution in [2.75, 3.05) is 7.11 Å². The summed E-state index contributed by atoms with van der Waals surface area (Å²) in [6.07, 6.45) is 2.44. The van der Waals surface area contributed by atoms with Crippen molar-refractivity contribution in [3.63, 3.8) is 0 Å². The molecular formula is C20H28N4O2. The lowest BCUT2D eigenvalue weighted by Crippen LogP contribution is -2.37. The molecule has 1 fully saturated rings. The van der Waals surface area contributed by atoms with E-state index in [-0.39, 0.29) is 12.1 Å². The number of methoxy groups -OCH3 is 1. The van der Waals surface area contributed by atoms with Crippen LogP contribution in [0.1, 0.15) is 59.8 Å². The average Bonchev–Trinajstić information content (AvgIpc) is 3.35. The largest absolute Gasteiger partial charge is 0.496 e. The maximum atomic E-state index is 12.3. The third kappa shape index (κ3) is 4.00. The molecule has 3 rings (SSSR count). The van der Waals surface area contributed by atoms with E-state index in [9.17, 15) is 4.79 Å². The van der Waals surface area contributed by atoms with Gasteiger partial charge in [0.05, 0.1) is 31.1 Å². The number of rotatable bonds is 6. The SMILES string of the molecule is COc1cc(C)cc(C)c1C(C)NC(=O)NCc1cc(C2CC2)nn1C. The number of carbonyl (C=O) groups is 1. The van der Waals surface area contributed by atoms with Crippen LogP contribution in [0.5, 0.6) is 5.75 Å². The van der Waals surface area contributed by atoms with Crippen LogP contribution in [0, 0.1) is 13.8 Å². The van der Waals surface area contributed by atoms with Gasteiger partial charge in [-0.15, -0.1) is 0 Å². The predicted molar refractivity (Wildman–Crippen MR) is 101 cm³/mol. The molecule has 1 heterocycles. The second-order valence-corrected chi connectivity index (χ2v) is 7.20. The van der Waals surface area contributed by atoms with Crippen LogP contribution in [0.4, 0.5) is 4.79 Å². The first-order valence-electron chi connectivity index (χ1n) is 9.11. The molecule has 1 atom stereocenters. The number of urea groups is 1. The van der Waals surface area contributed by atoms with Gasteiger partial charge in [0.25, 0.3) is 0 Å². The van der Waals surface area contributed by atoms with Gasteiger partial charge in [0.15, 0.2) is 0 Å². The van der Waals surface area contributed by atoms with Gasteiger partial charge in [0.1, 0.15) is 5.75 Å². The lowest BCUT2D eigenvalue weighted by molar-refractivity contribution is 0.237. The number of nitrogens with zero attached hydrogens (tertiary/aromatic N) is 2. The highest BCUT2D eigenvalue weighted by Gasteiger charge is 2.26. The molecule has 1 aliphatic rings. The Bertz CT molecular complexity index is 808. The maximum absolute atomic E-state index is 12.3. The van der Waals surface area contributed by atoms with Crippen LogP contribution >= 0.6 is 0 Å². The van der Waals surface area contributed by atoms with Crippen molar-refractivity contribution in [2.24, 2.45) is 7.05 Å². The van der Waals surface area contributed by atoms with E-state index in [4.69, 9.17) is 4.74 Å². The Hall–Kier alpha value is -2.50. The number of amides is 2. The van der Waals surface area contributed by atoms with Crippen LogP contribution in [0.3, 0.4) is 0 Å². The Balaban J connectivity index is 1.61. The van der Waals surface area contributed by atoms with Crippen molar-refractivity contribution in [3.05, 3.63) is 46.3 Å². The number of carbonyl (C=O) groups excluding carboxylic acids is 1. The van der Waals surface area contributed by atoms with Crippen molar-refractivity contribution in [1.82, 2.24) is 20.4 Å². The molecule has 1 aromatic heterocycles. The Labute approximate surface area is 154 Å². The topological polar surface area (TPSA) is 68.2 Å². The fourth-order valence-corrected chi connectivity index (χ4v) is 3.43. The van der Waals surface area contributed by atoms with Gasteiger partial charge in [-0.05, 0) is 56.9 Å². The second-order valence-electron chi connectivity index (χ2n) is 7.20. The fraction of sp³-hybridized carbons (Fsp3) is 0.500. The van der Waals surface area contributed by atoms with Gasteiger partial charge in [0.2, 0.25) is 0 Å². The first kappa shape index (κ1) is 18.3. The smallest absolute Gasteiger partial charge is 0.315 e. The summed E-state index contributed by atoms with van der Waals surface area (Å²) < 4.78 is 7.35. The molecular weight excluding hydrogens is 328 g/mol. The lowest BCUT2D eigenvalue weighted by Gasteiger charge is -2.20. The second kappa shape index (κ2) is 7.40. The van der Waals surface area contributed by atoms with Gasteiger partial charge < -0.3 is 15.4 Å². The van der Waals surface area contributed by atoms with E-state index in [1.54, 1.807) is 7.11 Å². The number of nitrogens with one attached hydrogen (secondary N) is 2. The zero-order chi connectivity index (χ0) is 18.8. The monoisotopic (exact) mass is 356 g/mol. The molecule has 1 unspecified atom stereocenters. The molecule has 0 saturated heterocycles. The van der Waals surface area contributed by atoms with E-state index >= 15 is 0 Å². The van der Waals surface area contributed by atoms with Crippen LogP contribution in [-0.4, -0.2) is 22.9 Å². The molecule has 1 saturated carbocycles. The number of aryl methyl sites for hydroxylation is 3. The van der Waals surface area contributed by atoms with Crippen molar-refractivity contribution >= 4 is 6.03 Å². The minimum atomic E-state index is -0.200. The van der Waals surface area contributed by atoms with E-state index in [0.717, 1.165) is 33.8 Å². The molecule has 1 aliphatic carbocycles. The molecule has 6 heteroatoms. The highest BCUT2D eigenvalue weighted by atomic mass is 16.5. The fourth-order valence-electron chi connectivity index (χ4n) is 3.43. The number of ether oxygens (including phenoxy) is 1. The molecule has 6 nitrogen and oxygen atoms in total. The minimum absolute atomic E-state index is 0.154. The van der Waals surface area contributed by atoms with Crippen molar-refractivity contribution < 1.29 is 9.53 Å². The van der Waals surface area contributed by atoms with E-state index in [1.165, 1.54) is 12.8 Å². The lowest BCUT2D eigenvalue weighted by atomic mass is 9.99. The normalized spacial score (nSPS) is 14.8. The molecule has 2 aromatic rings. The maximum Gasteiger partial charge on any atom is 0.315 e. The number of hydrogen-bond acceptors (Lipinski definition) is 3. The van der Waals surface area contributed by atoms with Crippen LogP contribution < -0.4 is 15.4 Å². The summed E-state index contributed by atoms with van der Waals surface area (Å²) in [6, 6.07) is 5.83. The van der Waals surface area contributed by atoms with Crippen molar-refractivity contribution in [3.8, 4) is 5.75 Å². The summed E-state index contributed by atoms with van der Waals surface area (Å²) in [4.78, 5) is 12.3. The average molecular weight is 356 g/mol. The molecule has 0 bridgehead atoms. The van der Waals surface area contributed by atoms with Gasteiger partial charge in [-0.2, -0.15) is 5.10 Å². The quantitative estimate of drug-likeness (QED) is 0.832. The number of hydrogen-bond donors (Lipinski definition) is 2. The standard InChI is InChI=1S/C20H28N4O2/c1-12-8-13(2)19(18(9-12)26-5)14(3)22-20(25)21-11-16-10-17(15-6-7-15)23-24(16)4/h8-10,14-15H,6-7,11H2,1-5H3,(H2,21,22,25). The first-order valence-corrected chi connectivity index (χ1v) is 9.11. The van der Waals surface area contributed by atoms with Gasteiger partial charge >= 0.3 is 6.03 Å². The Kier molecular flexibility index (Phi) is 5.20. The van der Waals surface area contributed by atoms with Gasteiger partial charge in [-0.25, -0.2) is 4.79 Å². The van der Waals surface area contributed by atoms with E-state index in [1.807, 2.05) is 38.6 Å². The molecule has 0 aliphatic heterocycles. The molecule has 2 N–H and O–H groups in total. The Morgan fingerprint density at radius 3 is 2.73 bits per heavy atom. The third-order valence-electron chi connectivity index (χ3n) is 4.92. The zero-order valence-electron chi connectivity index (χ0n) is 16.2. The Morgan fingerprint density at radius 1 is 1.35 bits per heavy atom. The summed E-state index contributed by atoms with van der Waals surface area (Å²) >= 11 is 0. The van der Waals surface area contributed by atoms with E-state index in [2.05, 4.69) is 27.9 Å². The highest BCUT2D eigenvalue weighted by molar-refractivity contribution is 5.74. The van der Waals surface area contributed by atoms with Crippen molar-refractivity contribution in [2.45, 2.75) is 52.1 Å². The number of aromatic nitrogens is 2. The third-order valence-corrected chi connectivity index (χ3v) is 4.92. The summed E-state index contributed by atoms with van der Waals surface area (Å²) in [5.41, 5.74) is 5.40. The van der Waals surface area contributed by atoms with E-state index < -0.39 is 0 Å². The minimum Gasteiger partial charge on any atom is -0.496 e. The van der Waals surface area contributed by atoms with Crippen LogP contribution in [0.2, 0.25) is 0 Å². The van der Waals surface area contributed by atoms with Crippen molar-refractivity contribution in [1.29, 1.82) is 0 Å². The Morgan fingerprint density at radius 2 is 2.08 bits per heavy atom. The molecule has 2 amide bonds.